The molecule has 0 radical (unpaired) electrons. The average Bonchev–Trinajstić information content (AvgIpc) is 2.44. The Morgan fingerprint density at radius 2 is 2.24 bits per heavy atom. The Hall–Kier alpha value is -1.46. The van der Waals surface area contributed by atoms with Crippen molar-refractivity contribution in [2.45, 2.75) is 51.2 Å². The number of nitrogens with one attached hydrogen (secondary N) is 1. The Morgan fingerprint density at radius 1 is 1.52 bits per heavy atom. The molecule has 3 unspecified atom stereocenters. The third kappa shape index (κ3) is 4.02. The summed E-state index contributed by atoms with van der Waals surface area (Å²) < 4.78 is 0. The van der Waals surface area contributed by atoms with Gasteiger partial charge in [0.2, 0.25) is 0 Å². The Kier molecular flexibility index (Phi) is 4.96. The number of nitrogens with zero attached hydrogens (tertiary/aromatic N) is 1. The molecule has 1 aliphatic rings. The molecule has 1 saturated carbocycles. The topological polar surface area (TPSA) is 75.4 Å². The summed E-state index contributed by atoms with van der Waals surface area (Å²) in [5.74, 6) is 0.534. The molecule has 2 rings (SSSR count). The van der Waals surface area contributed by atoms with E-state index in [1.807, 2.05) is 6.92 Å². The van der Waals surface area contributed by atoms with Gasteiger partial charge >= 0.3 is 0 Å². The normalized spacial score (nSPS) is 27.3. The molecule has 1 aromatic rings. The van der Waals surface area contributed by atoms with Crippen molar-refractivity contribution in [2.24, 2.45) is 5.92 Å². The maximum absolute atomic E-state index is 11.1. The van der Waals surface area contributed by atoms with Crippen LogP contribution in [0.15, 0.2) is 24.3 Å². The van der Waals surface area contributed by atoms with E-state index in [2.05, 4.69) is 12.2 Å². The van der Waals surface area contributed by atoms with Gasteiger partial charge in [-0.15, -0.1) is 0 Å². The van der Waals surface area contributed by atoms with E-state index in [4.69, 9.17) is 0 Å². The fourth-order valence-corrected chi connectivity index (χ4v) is 3.27. The van der Waals surface area contributed by atoms with Crippen LogP contribution < -0.4 is 5.32 Å². The number of benzene rings is 1. The first-order chi connectivity index (χ1) is 9.91. The summed E-state index contributed by atoms with van der Waals surface area (Å²) >= 11 is 0. The Bertz CT molecular complexity index is 506. The van der Waals surface area contributed by atoms with Crippen LogP contribution in [0.3, 0.4) is 0 Å². The molecule has 116 valence electrons. The molecule has 0 aromatic heterocycles. The number of aliphatic hydroxyl groups is 1. The minimum Gasteiger partial charge on any atom is -0.389 e. The van der Waals surface area contributed by atoms with Crippen LogP contribution in [0.1, 0.15) is 51.1 Å². The molecule has 1 aliphatic carbocycles. The third-order valence-electron chi connectivity index (χ3n) is 4.40. The quantitative estimate of drug-likeness (QED) is 0.645. The van der Waals surface area contributed by atoms with Gasteiger partial charge in [0.25, 0.3) is 5.69 Å². The van der Waals surface area contributed by atoms with Crippen LogP contribution in [0.4, 0.5) is 5.69 Å². The first-order valence-electron chi connectivity index (χ1n) is 7.60. The van der Waals surface area contributed by atoms with Crippen molar-refractivity contribution in [2.75, 3.05) is 6.54 Å². The van der Waals surface area contributed by atoms with Crippen molar-refractivity contribution in [1.29, 1.82) is 0 Å². The minimum absolute atomic E-state index is 0.126. The lowest BCUT2D eigenvalue weighted by Gasteiger charge is -2.36. The molecule has 0 amide bonds. The molecular formula is C16H24N2O3. The van der Waals surface area contributed by atoms with E-state index in [1.54, 1.807) is 18.2 Å². The molecule has 5 heteroatoms. The third-order valence-corrected chi connectivity index (χ3v) is 4.40. The van der Waals surface area contributed by atoms with E-state index in [0.717, 1.165) is 19.3 Å². The molecule has 21 heavy (non-hydrogen) atoms. The molecule has 2 N–H and O–H groups in total. The summed E-state index contributed by atoms with van der Waals surface area (Å²) in [5, 5.41) is 25.0. The summed E-state index contributed by atoms with van der Waals surface area (Å²) in [6, 6.07) is 6.60. The molecule has 0 aliphatic heterocycles. The van der Waals surface area contributed by atoms with Crippen molar-refractivity contribution in [3.05, 3.63) is 39.9 Å². The van der Waals surface area contributed by atoms with Crippen molar-refractivity contribution in [1.82, 2.24) is 5.32 Å². The lowest BCUT2D eigenvalue weighted by molar-refractivity contribution is -0.385. The van der Waals surface area contributed by atoms with E-state index in [-0.39, 0.29) is 16.7 Å². The molecule has 3 atom stereocenters. The molecule has 0 bridgehead atoms. The zero-order valence-corrected chi connectivity index (χ0v) is 12.7. The van der Waals surface area contributed by atoms with E-state index in [0.29, 0.717) is 18.0 Å². The second kappa shape index (κ2) is 6.54. The van der Waals surface area contributed by atoms with Gasteiger partial charge < -0.3 is 10.4 Å². The predicted octanol–water partition coefficient (Wildman–Crippen LogP) is 3.19. The zero-order chi connectivity index (χ0) is 15.5. The lowest BCUT2D eigenvalue weighted by Crippen LogP contribution is -2.44. The Morgan fingerprint density at radius 3 is 2.90 bits per heavy atom. The molecule has 0 saturated heterocycles. The van der Waals surface area contributed by atoms with Crippen LogP contribution in [0.25, 0.3) is 0 Å². The van der Waals surface area contributed by atoms with E-state index in [1.165, 1.54) is 12.5 Å². The van der Waals surface area contributed by atoms with Crippen LogP contribution in [-0.2, 0) is 0 Å². The van der Waals surface area contributed by atoms with Gasteiger partial charge in [-0.05, 0) is 25.7 Å². The van der Waals surface area contributed by atoms with Gasteiger partial charge in [0.05, 0.1) is 10.5 Å². The van der Waals surface area contributed by atoms with Crippen molar-refractivity contribution in [3.63, 3.8) is 0 Å². The number of hydrogen-bond acceptors (Lipinski definition) is 4. The average molecular weight is 292 g/mol. The fraction of sp³-hybridized carbons (Fsp3) is 0.625. The van der Waals surface area contributed by atoms with Crippen LogP contribution in [0.5, 0.6) is 0 Å². The zero-order valence-electron chi connectivity index (χ0n) is 12.7. The van der Waals surface area contributed by atoms with Gasteiger partial charge in [0.15, 0.2) is 0 Å². The van der Waals surface area contributed by atoms with Crippen molar-refractivity contribution in [3.8, 4) is 0 Å². The van der Waals surface area contributed by atoms with Crippen molar-refractivity contribution < 1.29 is 10.0 Å². The molecule has 0 heterocycles. The Labute approximate surface area is 125 Å². The van der Waals surface area contributed by atoms with E-state index in [9.17, 15) is 15.2 Å². The first kappa shape index (κ1) is 15.9. The maximum atomic E-state index is 11.1. The van der Waals surface area contributed by atoms with Crippen LogP contribution in [-0.4, -0.2) is 22.2 Å². The summed E-state index contributed by atoms with van der Waals surface area (Å²) in [6.45, 7) is 4.54. The molecule has 0 spiro atoms. The lowest BCUT2D eigenvalue weighted by atomic mass is 9.79. The van der Waals surface area contributed by atoms with Gasteiger partial charge in [-0.25, -0.2) is 0 Å². The van der Waals surface area contributed by atoms with Gasteiger partial charge in [-0.3, -0.25) is 10.1 Å². The number of nitro benzene ring substituents is 1. The van der Waals surface area contributed by atoms with Gasteiger partial charge in [-0.2, -0.15) is 0 Å². The van der Waals surface area contributed by atoms with Crippen LogP contribution in [0, 0.1) is 16.0 Å². The Balaban J connectivity index is 2.02. The SMILES string of the molecule is CC1CCCC(O)(CNC(C)c2ccccc2[N+](=O)[O-])C1. The monoisotopic (exact) mass is 292 g/mol. The molecular weight excluding hydrogens is 268 g/mol. The van der Waals surface area contributed by atoms with Crippen molar-refractivity contribution >= 4 is 5.69 Å². The summed E-state index contributed by atoms with van der Waals surface area (Å²) in [7, 11) is 0. The highest BCUT2D eigenvalue weighted by Crippen LogP contribution is 2.32. The number of nitro groups is 1. The second-order valence-corrected chi connectivity index (χ2v) is 6.34. The maximum Gasteiger partial charge on any atom is 0.274 e. The number of para-hydroxylation sites is 1. The minimum atomic E-state index is -0.685. The summed E-state index contributed by atoms with van der Waals surface area (Å²) in [4.78, 5) is 10.7. The van der Waals surface area contributed by atoms with Gasteiger partial charge in [0, 0.05) is 24.2 Å². The van der Waals surface area contributed by atoms with Crippen LogP contribution >= 0.6 is 0 Å². The second-order valence-electron chi connectivity index (χ2n) is 6.34. The number of rotatable bonds is 5. The summed E-state index contributed by atoms with van der Waals surface area (Å²) in [5.41, 5.74) is 0.103. The molecule has 5 nitrogen and oxygen atoms in total. The molecule has 1 aromatic carbocycles. The number of hydrogen-bond donors (Lipinski definition) is 2. The highest BCUT2D eigenvalue weighted by atomic mass is 16.6. The van der Waals surface area contributed by atoms with Crippen LogP contribution in [0.2, 0.25) is 0 Å². The highest BCUT2D eigenvalue weighted by molar-refractivity contribution is 5.41. The fourth-order valence-electron chi connectivity index (χ4n) is 3.27. The van der Waals surface area contributed by atoms with E-state index >= 15 is 0 Å². The summed E-state index contributed by atoms with van der Waals surface area (Å²) in [6.07, 6.45) is 3.80. The smallest absolute Gasteiger partial charge is 0.274 e. The van der Waals surface area contributed by atoms with E-state index < -0.39 is 5.60 Å². The predicted molar refractivity (Wildman–Crippen MR) is 82.1 cm³/mol. The standard InChI is InChI=1S/C16H24N2O3/c1-12-6-5-9-16(19,10-12)11-17-13(2)14-7-3-4-8-15(14)18(20)21/h3-4,7-8,12-13,17,19H,5-6,9-11H2,1-2H3. The molecule has 1 fully saturated rings. The van der Waals surface area contributed by atoms with Gasteiger partial charge in [0.1, 0.15) is 0 Å². The largest absolute Gasteiger partial charge is 0.389 e. The van der Waals surface area contributed by atoms with Gasteiger partial charge in [-0.1, -0.05) is 38.0 Å². The highest BCUT2D eigenvalue weighted by Gasteiger charge is 2.33. The first-order valence-corrected chi connectivity index (χ1v) is 7.60.